The second-order valence-corrected chi connectivity index (χ2v) is 3.37. The largest absolute Gasteiger partial charge is 0.123 e. The molecule has 0 aromatic heterocycles. The highest BCUT2D eigenvalue weighted by atomic mass is 32.2. The maximum atomic E-state index is 2.12. The van der Waals surface area contributed by atoms with E-state index >= 15 is 0 Å². The van der Waals surface area contributed by atoms with Crippen LogP contribution in [0.15, 0.2) is 22.5 Å². The van der Waals surface area contributed by atoms with Gasteiger partial charge in [0.1, 0.15) is 0 Å². The highest BCUT2D eigenvalue weighted by molar-refractivity contribution is 8.21. The lowest BCUT2D eigenvalue weighted by Crippen LogP contribution is -1.61. The quantitative estimate of drug-likeness (QED) is 0.582. The Morgan fingerprint density at radius 1 is 1.22 bits per heavy atom. The lowest BCUT2D eigenvalue weighted by molar-refractivity contribution is 1.74. The molecule has 0 rings (SSSR count). The van der Waals surface area contributed by atoms with E-state index in [0.717, 1.165) is 0 Å². The van der Waals surface area contributed by atoms with Gasteiger partial charge in [-0.05, 0) is 25.5 Å². The Kier molecular flexibility index (Phi) is 6.43. The fourth-order valence-corrected chi connectivity index (χ4v) is 1.49. The van der Waals surface area contributed by atoms with Crippen LogP contribution in [-0.4, -0.2) is 12.5 Å². The van der Waals surface area contributed by atoms with Crippen molar-refractivity contribution in [2.75, 3.05) is 12.5 Å². The first-order valence-electron chi connectivity index (χ1n) is 2.76. The van der Waals surface area contributed by atoms with Crippen molar-refractivity contribution in [2.45, 2.75) is 6.92 Å². The minimum Gasteiger partial charge on any atom is -0.123 e. The van der Waals surface area contributed by atoms with Crippen LogP contribution < -0.4 is 0 Å². The molecule has 0 aromatic rings. The van der Waals surface area contributed by atoms with Gasteiger partial charge < -0.3 is 0 Å². The van der Waals surface area contributed by atoms with Gasteiger partial charge >= 0.3 is 0 Å². The zero-order chi connectivity index (χ0) is 7.11. The van der Waals surface area contributed by atoms with E-state index in [0.29, 0.717) is 0 Å². The predicted octanol–water partition coefficient (Wildman–Crippen LogP) is 3.13. The summed E-state index contributed by atoms with van der Waals surface area (Å²) >= 11 is 3.57. The number of allylic oxidation sites excluding steroid dienone is 3. The Bertz CT molecular complexity index is 108. The molecule has 0 aliphatic rings. The topological polar surface area (TPSA) is 0 Å². The van der Waals surface area contributed by atoms with Crippen LogP contribution in [0, 0.1) is 0 Å². The van der Waals surface area contributed by atoms with Crippen molar-refractivity contribution >= 4 is 23.5 Å². The van der Waals surface area contributed by atoms with Gasteiger partial charge in [-0.15, -0.1) is 23.5 Å². The van der Waals surface area contributed by atoms with Crippen LogP contribution in [0.25, 0.3) is 0 Å². The smallest absolute Gasteiger partial charge is 0.0395 e. The van der Waals surface area contributed by atoms with E-state index in [4.69, 9.17) is 0 Å². The first-order valence-corrected chi connectivity index (χ1v) is 5.21. The molecule has 2 heteroatoms. The molecule has 0 nitrogen and oxygen atoms in total. The van der Waals surface area contributed by atoms with Gasteiger partial charge in [0.05, 0.1) is 0 Å². The molecule has 0 unspecified atom stereocenters. The zero-order valence-electron chi connectivity index (χ0n) is 6.05. The Morgan fingerprint density at radius 2 is 1.78 bits per heavy atom. The van der Waals surface area contributed by atoms with E-state index in [9.17, 15) is 0 Å². The monoisotopic (exact) mass is 160 g/mol. The summed E-state index contributed by atoms with van der Waals surface area (Å²) in [5.74, 6) is 0. The third-order valence-electron chi connectivity index (χ3n) is 0.827. The summed E-state index contributed by atoms with van der Waals surface area (Å²) in [6.07, 6.45) is 10.4. The van der Waals surface area contributed by atoms with Crippen LogP contribution in [0.1, 0.15) is 6.92 Å². The summed E-state index contributed by atoms with van der Waals surface area (Å²) in [5, 5.41) is 0. The van der Waals surface area contributed by atoms with Crippen molar-refractivity contribution in [3.8, 4) is 0 Å². The van der Waals surface area contributed by atoms with Crippen molar-refractivity contribution in [3.05, 3.63) is 22.5 Å². The predicted molar refractivity (Wildman–Crippen MR) is 49.9 cm³/mol. The first-order chi connectivity index (χ1) is 4.35. The number of rotatable bonds is 3. The van der Waals surface area contributed by atoms with Crippen LogP contribution in [-0.2, 0) is 0 Å². The molecule has 0 amide bonds. The van der Waals surface area contributed by atoms with Gasteiger partial charge in [0, 0.05) is 4.24 Å². The van der Waals surface area contributed by atoms with Gasteiger partial charge in [0.15, 0.2) is 0 Å². The lowest BCUT2D eigenvalue weighted by atomic mass is 10.5. The summed E-state index contributed by atoms with van der Waals surface area (Å²) in [4.78, 5) is 0. The molecule has 0 radical (unpaired) electrons. The second-order valence-electron chi connectivity index (χ2n) is 1.42. The van der Waals surface area contributed by atoms with E-state index < -0.39 is 0 Å². The zero-order valence-corrected chi connectivity index (χ0v) is 7.68. The molecular weight excluding hydrogens is 148 g/mol. The molecule has 0 aliphatic heterocycles. The van der Waals surface area contributed by atoms with Crippen molar-refractivity contribution < 1.29 is 0 Å². The van der Waals surface area contributed by atoms with Gasteiger partial charge in [-0.3, -0.25) is 0 Å². The highest BCUT2D eigenvalue weighted by Gasteiger charge is 1.85. The lowest BCUT2D eigenvalue weighted by Gasteiger charge is -1.93. The standard InChI is InChI=1S/C7H12S2/c1-4-5-6-7(8-2)9-3/h4-6H,1-3H3/b5-4+. The summed E-state index contributed by atoms with van der Waals surface area (Å²) in [5.41, 5.74) is 0. The van der Waals surface area contributed by atoms with E-state index in [1.54, 1.807) is 23.5 Å². The van der Waals surface area contributed by atoms with Gasteiger partial charge in [0.2, 0.25) is 0 Å². The molecule has 0 atom stereocenters. The van der Waals surface area contributed by atoms with Crippen LogP contribution in [0.3, 0.4) is 0 Å². The third kappa shape index (κ3) is 4.67. The fraction of sp³-hybridized carbons (Fsp3) is 0.429. The van der Waals surface area contributed by atoms with Crippen molar-refractivity contribution in [3.63, 3.8) is 0 Å². The Morgan fingerprint density at radius 3 is 2.11 bits per heavy atom. The molecule has 0 fully saturated rings. The Labute approximate surface area is 65.8 Å². The van der Waals surface area contributed by atoms with Crippen molar-refractivity contribution in [1.82, 2.24) is 0 Å². The fourth-order valence-electron chi connectivity index (χ4n) is 0.394. The molecule has 0 aliphatic carbocycles. The SMILES string of the molecule is C/C=C/C=C(SC)SC. The van der Waals surface area contributed by atoms with Crippen molar-refractivity contribution in [1.29, 1.82) is 0 Å². The molecule has 0 heterocycles. The number of hydrogen-bond acceptors (Lipinski definition) is 2. The van der Waals surface area contributed by atoms with E-state index in [2.05, 4.69) is 24.7 Å². The summed E-state index contributed by atoms with van der Waals surface area (Å²) < 4.78 is 1.35. The highest BCUT2D eigenvalue weighted by Crippen LogP contribution is 2.22. The molecule has 0 saturated carbocycles. The average Bonchev–Trinajstić information content (AvgIpc) is 1.91. The maximum Gasteiger partial charge on any atom is 0.0395 e. The summed E-state index contributed by atoms with van der Waals surface area (Å²) in [6.45, 7) is 2.02. The minimum absolute atomic E-state index is 1.35. The molecule has 0 N–H and O–H groups in total. The van der Waals surface area contributed by atoms with Crippen LogP contribution in [0.2, 0.25) is 0 Å². The third-order valence-corrected chi connectivity index (χ3v) is 2.90. The molecular formula is C7H12S2. The number of hydrogen-bond donors (Lipinski definition) is 0. The summed E-state index contributed by atoms with van der Waals surface area (Å²) in [7, 11) is 0. The maximum absolute atomic E-state index is 2.12. The van der Waals surface area contributed by atoms with E-state index in [-0.39, 0.29) is 0 Å². The number of thioether (sulfide) groups is 2. The average molecular weight is 160 g/mol. The Balaban J connectivity index is 3.75. The van der Waals surface area contributed by atoms with Crippen LogP contribution >= 0.6 is 23.5 Å². The first kappa shape index (κ1) is 9.18. The molecule has 9 heavy (non-hydrogen) atoms. The second kappa shape index (κ2) is 6.30. The molecule has 0 aromatic carbocycles. The normalized spacial score (nSPS) is 10.1. The van der Waals surface area contributed by atoms with Gasteiger partial charge in [-0.25, -0.2) is 0 Å². The van der Waals surface area contributed by atoms with Crippen molar-refractivity contribution in [2.24, 2.45) is 0 Å². The van der Waals surface area contributed by atoms with Gasteiger partial charge in [0.25, 0.3) is 0 Å². The van der Waals surface area contributed by atoms with Crippen LogP contribution in [0.4, 0.5) is 0 Å². The Hall–Kier alpha value is 0.180. The summed E-state index contributed by atoms with van der Waals surface area (Å²) in [6, 6.07) is 0. The molecule has 0 bridgehead atoms. The minimum atomic E-state index is 1.35. The van der Waals surface area contributed by atoms with E-state index in [1.165, 1.54) is 4.24 Å². The molecule has 52 valence electrons. The van der Waals surface area contributed by atoms with Gasteiger partial charge in [-0.1, -0.05) is 12.2 Å². The van der Waals surface area contributed by atoms with Gasteiger partial charge in [-0.2, -0.15) is 0 Å². The molecule has 0 spiro atoms. The van der Waals surface area contributed by atoms with Crippen LogP contribution in [0.5, 0.6) is 0 Å². The van der Waals surface area contributed by atoms with E-state index in [1.807, 2.05) is 13.0 Å². The molecule has 0 saturated heterocycles.